The summed E-state index contributed by atoms with van der Waals surface area (Å²) in [5.41, 5.74) is 0.595. The molecule has 1 N–H and O–H groups in total. The Bertz CT molecular complexity index is 552. The first-order valence-corrected chi connectivity index (χ1v) is 9.20. The van der Waals surface area contributed by atoms with Crippen LogP contribution in [0.25, 0.3) is 0 Å². The van der Waals surface area contributed by atoms with Gasteiger partial charge in [0.1, 0.15) is 0 Å². The second-order valence-electron chi connectivity index (χ2n) is 5.15. The Morgan fingerprint density at radius 2 is 1.80 bits per heavy atom. The Morgan fingerprint density at radius 3 is 2.20 bits per heavy atom. The van der Waals surface area contributed by atoms with Gasteiger partial charge in [-0.05, 0) is 36.1 Å². The number of hydrogen-bond donors (Lipinski definition) is 1. The first kappa shape index (κ1) is 17.2. The zero-order valence-electron chi connectivity index (χ0n) is 11.9. The third kappa shape index (κ3) is 4.90. The maximum Gasteiger partial charge on any atom is 0.221 e. The lowest BCUT2D eigenvalue weighted by Crippen LogP contribution is -2.22. The second-order valence-corrected chi connectivity index (χ2v) is 7.83. The number of carbonyl (C=O) groups excluding carboxylic acids is 1. The van der Waals surface area contributed by atoms with Crippen molar-refractivity contribution in [1.29, 1.82) is 0 Å². The van der Waals surface area contributed by atoms with Gasteiger partial charge in [-0.15, -0.1) is 0 Å². The van der Waals surface area contributed by atoms with Crippen molar-refractivity contribution in [2.24, 2.45) is 11.8 Å². The van der Waals surface area contributed by atoms with Gasteiger partial charge in [-0.25, -0.2) is 8.42 Å². The average molecular weight is 362 g/mol. The van der Waals surface area contributed by atoms with E-state index in [-0.39, 0.29) is 17.6 Å². The topological polar surface area (TPSA) is 63.2 Å². The van der Waals surface area contributed by atoms with E-state index in [2.05, 4.69) is 21.2 Å². The van der Waals surface area contributed by atoms with E-state index in [1.54, 1.807) is 12.1 Å². The maximum atomic E-state index is 12.3. The summed E-state index contributed by atoms with van der Waals surface area (Å²) in [6.45, 7) is 5.44. The van der Waals surface area contributed by atoms with Gasteiger partial charge in [0.25, 0.3) is 0 Å². The van der Waals surface area contributed by atoms with Gasteiger partial charge in [0.05, 0.1) is 10.6 Å². The highest BCUT2D eigenvalue weighted by molar-refractivity contribution is 9.09. The average Bonchev–Trinajstić information content (AvgIpc) is 2.35. The van der Waals surface area contributed by atoms with Crippen LogP contribution in [0.3, 0.4) is 0 Å². The number of amides is 1. The van der Waals surface area contributed by atoms with Crippen molar-refractivity contribution in [1.82, 2.24) is 0 Å². The van der Waals surface area contributed by atoms with Crippen molar-refractivity contribution in [2.75, 3.05) is 16.4 Å². The molecule has 0 heterocycles. The number of rotatable bonds is 6. The molecular weight excluding hydrogens is 342 g/mol. The highest BCUT2D eigenvalue weighted by Crippen LogP contribution is 2.22. The minimum atomic E-state index is -3.30. The molecule has 0 aromatic heterocycles. The van der Waals surface area contributed by atoms with E-state index >= 15 is 0 Å². The van der Waals surface area contributed by atoms with E-state index in [9.17, 15) is 13.2 Å². The molecule has 6 heteroatoms. The number of halogens is 1. The highest BCUT2D eigenvalue weighted by atomic mass is 79.9. The lowest BCUT2D eigenvalue weighted by molar-refractivity contribution is -0.114. The first-order chi connectivity index (χ1) is 9.26. The number of carbonyl (C=O) groups is 1. The van der Waals surface area contributed by atoms with Gasteiger partial charge >= 0.3 is 0 Å². The summed E-state index contributed by atoms with van der Waals surface area (Å²) in [5, 5.41) is 3.27. The second kappa shape index (κ2) is 7.22. The zero-order valence-corrected chi connectivity index (χ0v) is 14.3. The molecule has 0 aliphatic carbocycles. The molecule has 1 atom stereocenters. The minimum Gasteiger partial charge on any atom is -0.326 e. The van der Waals surface area contributed by atoms with Gasteiger partial charge in [0.15, 0.2) is 9.84 Å². The zero-order chi connectivity index (χ0) is 15.3. The van der Waals surface area contributed by atoms with E-state index in [1.807, 2.05) is 13.8 Å². The molecule has 1 unspecified atom stereocenters. The van der Waals surface area contributed by atoms with Gasteiger partial charge in [0, 0.05) is 17.9 Å². The molecule has 4 nitrogen and oxygen atoms in total. The lowest BCUT2D eigenvalue weighted by atomic mass is 10.0. The molecule has 0 saturated carbocycles. The fourth-order valence-corrected chi connectivity index (χ4v) is 4.83. The van der Waals surface area contributed by atoms with Crippen LogP contribution in [0.2, 0.25) is 0 Å². The third-order valence-electron chi connectivity index (χ3n) is 3.11. The molecule has 1 aromatic rings. The normalized spacial score (nSPS) is 13.2. The molecule has 0 aliphatic rings. The van der Waals surface area contributed by atoms with Crippen molar-refractivity contribution in [2.45, 2.75) is 25.7 Å². The fraction of sp³-hybridized carbons (Fsp3) is 0.500. The summed E-state index contributed by atoms with van der Waals surface area (Å²) in [6.07, 6.45) is 0. The molecule has 20 heavy (non-hydrogen) atoms. The Labute approximate surface area is 129 Å². The SMILES string of the molecule is CC(=O)Nc1ccc(S(=O)(=O)CC(CBr)C(C)C)cc1. The van der Waals surface area contributed by atoms with Crippen LogP contribution in [0.5, 0.6) is 0 Å². The van der Waals surface area contributed by atoms with Crippen LogP contribution in [-0.4, -0.2) is 25.4 Å². The van der Waals surface area contributed by atoms with Gasteiger partial charge in [0.2, 0.25) is 5.91 Å². The summed E-state index contributed by atoms with van der Waals surface area (Å²) in [6, 6.07) is 6.28. The highest BCUT2D eigenvalue weighted by Gasteiger charge is 2.22. The largest absolute Gasteiger partial charge is 0.326 e. The summed E-state index contributed by atoms with van der Waals surface area (Å²) in [7, 11) is -3.30. The van der Waals surface area contributed by atoms with Gasteiger partial charge in [-0.1, -0.05) is 29.8 Å². The Balaban J connectivity index is 2.90. The van der Waals surface area contributed by atoms with Crippen LogP contribution in [-0.2, 0) is 14.6 Å². The van der Waals surface area contributed by atoms with E-state index in [1.165, 1.54) is 19.1 Å². The summed E-state index contributed by atoms with van der Waals surface area (Å²) in [5.74, 6) is 0.313. The van der Waals surface area contributed by atoms with Crippen LogP contribution < -0.4 is 5.32 Å². The van der Waals surface area contributed by atoms with Crippen molar-refractivity contribution >= 4 is 37.4 Å². The predicted octanol–water partition coefficient (Wildman–Crippen LogP) is 3.09. The van der Waals surface area contributed by atoms with E-state index in [0.717, 1.165) is 0 Å². The van der Waals surface area contributed by atoms with E-state index in [0.29, 0.717) is 21.8 Å². The monoisotopic (exact) mass is 361 g/mol. The van der Waals surface area contributed by atoms with Crippen LogP contribution >= 0.6 is 15.9 Å². The number of nitrogens with one attached hydrogen (secondary N) is 1. The van der Waals surface area contributed by atoms with Crippen LogP contribution in [0.4, 0.5) is 5.69 Å². The summed E-state index contributed by atoms with van der Waals surface area (Å²) in [4.78, 5) is 11.2. The number of benzene rings is 1. The van der Waals surface area contributed by atoms with Crippen molar-refractivity contribution in [3.8, 4) is 0 Å². The van der Waals surface area contributed by atoms with Crippen molar-refractivity contribution < 1.29 is 13.2 Å². The first-order valence-electron chi connectivity index (χ1n) is 6.42. The Morgan fingerprint density at radius 1 is 1.25 bits per heavy atom. The molecule has 0 fully saturated rings. The van der Waals surface area contributed by atoms with Crippen LogP contribution in [0.1, 0.15) is 20.8 Å². The molecule has 0 bridgehead atoms. The third-order valence-corrected chi connectivity index (χ3v) is 5.80. The molecule has 0 spiro atoms. The fourth-order valence-electron chi connectivity index (χ4n) is 1.74. The van der Waals surface area contributed by atoms with Gasteiger partial charge in [-0.3, -0.25) is 4.79 Å². The van der Waals surface area contributed by atoms with Gasteiger partial charge in [-0.2, -0.15) is 0 Å². The smallest absolute Gasteiger partial charge is 0.221 e. The quantitative estimate of drug-likeness (QED) is 0.791. The number of hydrogen-bond acceptors (Lipinski definition) is 3. The molecular formula is C14H20BrNO3S. The molecule has 0 aliphatic heterocycles. The maximum absolute atomic E-state index is 12.3. The molecule has 0 radical (unpaired) electrons. The Hall–Kier alpha value is -0.880. The van der Waals surface area contributed by atoms with E-state index in [4.69, 9.17) is 0 Å². The minimum absolute atomic E-state index is 0.0787. The molecule has 0 saturated heterocycles. The van der Waals surface area contributed by atoms with Gasteiger partial charge < -0.3 is 5.32 Å². The number of anilines is 1. The number of alkyl halides is 1. The van der Waals surface area contributed by atoms with Crippen LogP contribution in [0, 0.1) is 11.8 Å². The van der Waals surface area contributed by atoms with E-state index < -0.39 is 9.84 Å². The summed E-state index contributed by atoms with van der Waals surface area (Å²) >= 11 is 3.37. The van der Waals surface area contributed by atoms with Crippen molar-refractivity contribution in [3.63, 3.8) is 0 Å². The predicted molar refractivity (Wildman–Crippen MR) is 84.9 cm³/mol. The summed E-state index contributed by atoms with van der Waals surface area (Å²) < 4.78 is 24.7. The van der Waals surface area contributed by atoms with Crippen molar-refractivity contribution in [3.05, 3.63) is 24.3 Å². The van der Waals surface area contributed by atoms with Crippen LogP contribution in [0.15, 0.2) is 29.2 Å². The number of sulfone groups is 1. The molecule has 1 amide bonds. The molecule has 1 aromatic carbocycles. The lowest BCUT2D eigenvalue weighted by Gasteiger charge is -2.18. The molecule has 112 valence electrons. The standard InChI is InChI=1S/C14H20BrNO3S/c1-10(2)12(8-15)9-20(18,19)14-6-4-13(5-7-14)16-11(3)17/h4-7,10,12H,8-9H2,1-3H3,(H,16,17). The molecule has 1 rings (SSSR count). The Kier molecular flexibility index (Phi) is 6.20.